The molecule has 1 atom stereocenters. The maximum Gasteiger partial charge on any atom is 0.414 e. The third-order valence-electron chi connectivity index (χ3n) is 2.89. The molecule has 1 unspecified atom stereocenters. The Morgan fingerprint density at radius 3 is 1.95 bits per heavy atom. The molecule has 0 fully saturated rings. The van der Waals surface area contributed by atoms with E-state index in [-0.39, 0.29) is 6.04 Å². The maximum absolute atomic E-state index is 12.2. The quantitative estimate of drug-likeness (QED) is 0.684. The average Bonchev–Trinajstić information content (AvgIpc) is 2.26. The van der Waals surface area contributed by atoms with Crippen molar-refractivity contribution in [3.63, 3.8) is 0 Å². The summed E-state index contributed by atoms with van der Waals surface area (Å²) in [4.78, 5) is 27.5. The van der Waals surface area contributed by atoms with Crippen molar-refractivity contribution in [1.82, 2.24) is 9.80 Å². The Bertz CT molecular complexity index is 472. The van der Waals surface area contributed by atoms with Crippen molar-refractivity contribution in [2.24, 2.45) is 0 Å². The van der Waals surface area contributed by atoms with Gasteiger partial charge in [-0.1, -0.05) is 0 Å². The zero-order valence-electron chi connectivity index (χ0n) is 14.9. The Kier molecular flexibility index (Phi) is 5.15. The fourth-order valence-corrected chi connectivity index (χ4v) is 1.98. The smallest absolute Gasteiger partial charge is 0.414 e. The van der Waals surface area contributed by atoms with E-state index in [0.717, 1.165) is 0 Å². The van der Waals surface area contributed by atoms with E-state index in [9.17, 15) is 9.59 Å². The number of carbonyl (C=O) groups is 2. The molecule has 0 bridgehead atoms. The van der Waals surface area contributed by atoms with Gasteiger partial charge >= 0.3 is 12.2 Å². The number of allylic oxidation sites excluding steroid dienone is 1. The van der Waals surface area contributed by atoms with Crippen LogP contribution in [0.2, 0.25) is 0 Å². The summed E-state index contributed by atoms with van der Waals surface area (Å²) in [6, 6.07) is -0.189. The number of carbonyl (C=O) groups excluding carboxylic acids is 2. The number of nitrogens with zero attached hydrogens (tertiary/aromatic N) is 2. The van der Waals surface area contributed by atoms with Gasteiger partial charge in [-0.25, -0.2) is 9.59 Å². The van der Waals surface area contributed by atoms with Crippen LogP contribution in [0.15, 0.2) is 11.9 Å². The Morgan fingerprint density at radius 2 is 1.50 bits per heavy atom. The Morgan fingerprint density at radius 1 is 1.05 bits per heavy atom. The van der Waals surface area contributed by atoms with E-state index < -0.39 is 23.4 Å². The zero-order valence-corrected chi connectivity index (χ0v) is 14.9. The first kappa shape index (κ1) is 18.3. The summed E-state index contributed by atoms with van der Waals surface area (Å²) in [5.74, 6) is 0. The van der Waals surface area contributed by atoms with Crippen LogP contribution in [-0.2, 0) is 9.47 Å². The van der Waals surface area contributed by atoms with E-state index in [1.807, 2.05) is 48.5 Å². The number of hydrogen-bond donors (Lipinski definition) is 0. The summed E-state index contributed by atoms with van der Waals surface area (Å²) in [5.41, 5.74) is -0.456. The second-order valence-electron chi connectivity index (χ2n) is 7.60. The van der Waals surface area contributed by atoms with Gasteiger partial charge in [0.25, 0.3) is 0 Å². The predicted molar refractivity (Wildman–Crippen MR) is 84.2 cm³/mol. The summed E-state index contributed by atoms with van der Waals surface area (Å²) < 4.78 is 10.8. The molecular formula is C16H28N2O4. The van der Waals surface area contributed by atoms with Crippen LogP contribution in [0.4, 0.5) is 9.59 Å². The molecule has 0 saturated heterocycles. The molecule has 0 N–H and O–H groups in total. The maximum atomic E-state index is 12.2. The van der Waals surface area contributed by atoms with Gasteiger partial charge in [0, 0.05) is 18.4 Å². The van der Waals surface area contributed by atoms with Crippen LogP contribution in [-0.4, -0.2) is 45.8 Å². The molecule has 1 rings (SSSR count). The molecule has 0 aromatic carbocycles. The first-order valence-electron chi connectivity index (χ1n) is 7.50. The van der Waals surface area contributed by atoms with Gasteiger partial charge in [-0.3, -0.25) is 9.80 Å². The summed E-state index contributed by atoms with van der Waals surface area (Å²) in [6.45, 7) is 14.9. The molecule has 0 saturated carbocycles. The first-order chi connectivity index (χ1) is 9.80. The molecule has 0 radical (unpaired) electrons. The lowest BCUT2D eigenvalue weighted by atomic mass is 10.2. The van der Waals surface area contributed by atoms with Gasteiger partial charge in [0.15, 0.2) is 0 Å². The van der Waals surface area contributed by atoms with E-state index in [2.05, 4.69) is 0 Å². The molecule has 2 amide bonds. The highest BCUT2D eigenvalue weighted by Crippen LogP contribution is 2.22. The molecule has 6 heteroatoms. The summed E-state index contributed by atoms with van der Waals surface area (Å²) in [7, 11) is 0. The number of hydrogen-bond acceptors (Lipinski definition) is 4. The number of rotatable bonds is 0. The van der Waals surface area contributed by atoms with Crippen molar-refractivity contribution >= 4 is 12.2 Å². The van der Waals surface area contributed by atoms with Crippen LogP contribution in [0, 0.1) is 0 Å². The monoisotopic (exact) mass is 312 g/mol. The second kappa shape index (κ2) is 6.18. The van der Waals surface area contributed by atoms with E-state index in [1.165, 1.54) is 9.80 Å². The molecule has 1 aliphatic heterocycles. The molecule has 1 aliphatic rings. The van der Waals surface area contributed by atoms with Crippen LogP contribution in [0.25, 0.3) is 0 Å². The molecule has 0 aromatic rings. The topological polar surface area (TPSA) is 59.1 Å². The number of amides is 2. The van der Waals surface area contributed by atoms with E-state index in [4.69, 9.17) is 9.47 Å². The minimum Gasteiger partial charge on any atom is -0.443 e. The largest absolute Gasteiger partial charge is 0.443 e. The van der Waals surface area contributed by atoms with E-state index in [0.29, 0.717) is 12.2 Å². The van der Waals surface area contributed by atoms with Gasteiger partial charge in [0.05, 0.1) is 6.04 Å². The number of ether oxygens (including phenoxy) is 2. The lowest BCUT2D eigenvalue weighted by molar-refractivity contribution is 0.0106. The van der Waals surface area contributed by atoms with Gasteiger partial charge in [-0.15, -0.1) is 0 Å². The molecule has 6 nitrogen and oxygen atoms in total. The molecule has 1 heterocycles. The first-order valence-corrected chi connectivity index (χ1v) is 7.50. The van der Waals surface area contributed by atoms with Gasteiger partial charge in [0.1, 0.15) is 11.2 Å². The van der Waals surface area contributed by atoms with Crippen molar-refractivity contribution in [1.29, 1.82) is 0 Å². The third kappa shape index (κ3) is 5.24. The van der Waals surface area contributed by atoms with Crippen LogP contribution >= 0.6 is 0 Å². The van der Waals surface area contributed by atoms with Crippen LogP contribution in [0.1, 0.15) is 55.4 Å². The van der Waals surface area contributed by atoms with Gasteiger partial charge in [-0.2, -0.15) is 0 Å². The van der Waals surface area contributed by atoms with Crippen molar-refractivity contribution < 1.29 is 19.1 Å². The average molecular weight is 312 g/mol. The molecule has 126 valence electrons. The SMILES string of the molecule is CC1=CN(C(=O)OC(C)(C)C)C(C)CN1C(=O)OC(C)(C)C. The second-order valence-corrected chi connectivity index (χ2v) is 7.60. The molecule has 0 aromatic heterocycles. The summed E-state index contributed by atoms with van der Waals surface area (Å²) in [6.07, 6.45) is 0.812. The fraction of sp³-hybridized carbons (Fsp3) is 0.750. The third-order valence-corrected chi connectivity index (χ3v) is 2.89. The zero-order chi connectivity index (χ0) is 17.3. The molecule has 0 spiro atoms. The van der Waals surface area contributed by atoms with Gasteiger partial charge < -0.3 is 9.47 Å². The van der Waals surface area contributed by atoms with Crippen LogP contribution < -0.4 is 0 Å². The lowest BCUT2D eigenvalue weighted by Gasteiger charge is -2.38. The normalized spacial score (nSPS) is 19.6. The minimum atomic E-state index is -0.555. The van der Waals surface area contributed by atoms with Crippen molar-refractivity contribution in [3.8, 4) is 0 Å². The van der Waals surface area contributed by atoms with Crippen LogP contribution in [0.5, 0.6) is 0 Å². The highest BCUT2D eigenvalue weighted by molar-refractivity contribution is 5.73. The summed E-state index contributed by atoms with van der Waals surface area (Å²) in [5, 5.41) is 0. The lowest BCUT2D eigenvalue weighted by Crippen LogP contribution is -2.50. The molecule has 0 aliphatic carbocycles. The van der Waals surface area contributed by atoms with Gasteiger partial charge in [-0.05, 0) is 55.4 Å². The molecule has 22 heavy (non-hydrogen) atoms. The van der Waals surface area contributed by atoms with Crippen molar-refractivity contribution in [3.05, 3.63) is 11.9 Å². The van der Waals surface area contributed by atoms with Gasteiger partial charge in [0.2, 0.25) is 0 Å². The van der Waals surface area contributed by atoms with Crippen molar-refractivity contribution in [2.45, 2.75) is 72.6 Å². The highest BCUT2D eigenvalue weighted by Gasteiger charge is 2.33. The summed E-state index contributed by atoms with van der Waals surface area (Å²) >= 11 is 0. The van der Waals surface area contributed by atoms with Crippen LogP contribution in [0.3, 0.4) is 0 Å². The minimum absolute atomic E-state index is 0.189. The fourth-order valence-electron chi connectivity index (χ4n) is 1.98. The predicted octanol–water partition coefficient (Wildman–Crippen LogP) is 3.72. The van der Waals surface area contributed by atoms with Crippen molar-refractivity contribution in [2.75, 3.05) is 6.54 Å². The van der Waals surface area contributed by atoms with E-state index in [1.54, 1.807) is 13.1 Å². The molecular weight excluding hydrogens is 284 g/mol. The Labute approximate surface area is 133 Å². The Balaban J connectivity index is 2.86. The Hall–Kier alpha value is -1.72. The highest BCUT2D eigenvalue weighted by atomic mass is 16.6. The van der Waals surface area contributed by atoms with E-state index >= 15 is 0 Å². The standard InChI is InChI=1S/C16H28N2O4/c1-11-9-18(14(20)22-16(6,7)8)12(2)10-17(11)13(19)21-15(3,4)5/h9,12H,10H2,1-8H3.